The maximum Gasteiger partial charge on any atom is 0.295 e. The van der Waals surface area contributed by atoms with E-state index in [0.717, 1.165) is 25.1 Å². The lowest BCUT2D eigenvalue weighted by Crippen LogP contribution is -2.42. The number of ketones is 1. The minimum atomic E-state index is -0.764. The van der Waals surface area contributed by atoms with Gasteiger partial charge in [0.05, 0.1) is 37.1 Å². The lowest BCUT2D eigenvalue weighted by atomic mass is 9.96. The van der Waals surface area contributed by atoms with Crippen LogP contribution in [0.5, 0.6) is 5.75 Å². The molecule has 0 bridgehead atoms. The minimum absolute atomic E-state index is 0.0514. The third-order valence-corrected chi connectivity index (χ3v) is 7.75. The number of morpholine rings is 1. The lowest BCUT2D eigenvalue weighted by molar-refractivity contribution is -0.140. The van der Waals surface area contributed by atoms with Crippen LogP contribution >= 0.6 is 0 Å². The summed E-state index contributed by atoms with van der Waals surface area (Å²) in [4.78, 5) is 35.6. The van der Waals surface area contributed by atoms with Gasteiger partial charge in [0.25, 0.3) is 11.7 Å². The molecular formula is C31H38N4O5. The van der Waals surface area contributed by atoms with E-state index in [1.807, 2.05) is 60.8 Å². The van der Waals surface area contributed by atoms with Crippen molar-refractivity contribution in [1.82, 2.24) is 19.2 Å². The first-order valence-electron chi connectivity index (χ1n) is 14.0. The summed E-state index contributed by atoms with van der Waals surface area (Å²) >= 11 is 0. The highest BCUT2D eigenvalue weighted by molar-refractivity contribution is 6.46. The SMILES string of the molecule is Cc1cccn2c(C)c(/C(O)=C3\C(=O)C(=O)N(CCN4CCOCC4)C3c3cccc(OCCC(C)C)c3)nc12. The van der Waals surface area contributed by atoms with Crippen molar-refractivity contribution < 1.29 is 24.2 Å². The van der Waals surface area contributed by atoms with E-state index in [9.17, 15) is 14.7 Å². The smallest absolute Gasteiger partial charge is 0.295 e. The molecule has 1 N–H and O–H groups in total. The molecule has 0 saturated carbocycles. The van der Waals surface area contributed by atoms with Crippen LogP contribution in [0.1, 0.15) is 48.8 Å². The van der Waals surface area contributed by atoms with Crippen LogP contribution in [0.4, 0.5) is 0 Å². The van der Waals surface area contributed by atoms with E-state index in [4.69, 9.17) is 9.47 Å². The summed E-state index contributed by atoms with van der Waals surface area (Å²) < 4.78 is 13.4. The zero-order chi connectivity index (χ0) is 28.4. The zero-order valence-corrected chi connectivity index (χ0v) is 23.7. The number of Topliss-reactive ketones (excluding diaryl/α,β-unsaturated/α-hetero) is 1. The standard InChI is InChI=1S/C31H38N4O5/c1-20(2)10-16-40-24-9-5-8-23(19-24)27-25(28(36)26-22(4)34-11-6-7-21(3)30(34)32-26)29(37)31(38)35(27)13-12-33-14-17-39-18-15-33/h5-9,11,19-20,27,36H,10,12-18H2,1-4H3/b28-25+. The summed E-state index contributed by atoms with van der Waals surface area (Å²) in [5, 5.41) is 11.7. The Morgan fingerprint density at radius 1 is 1.12 bits per heavy atom. The van der Waals surface area contributed by atoms with Crippen LogP contribution in [0.3, 0.4) is 0 Å². The highest BCUT2D eigenvalue weighted by Gasteiger charge is 2.46. The first kappa shape index (κ1) is 27.9. The first-order valence-corrected chi connectivity index (χ1v) is 14.0. The van der Waals surface area contributed by atoms with Crippen LogP contribution < -0.4 is 4.74 Å². The Labute approximate surface area is 235 Å². The van der Waals surface area contributed by atoms with Gasteiger partial charge in [-0.15, -0.1) is 0 Å². The van der Waals surface area contributed by atoms with Crippen molar-refractivity contribution in [3.05, 3.63) is 70.7 Å². The molecular weight excluding hydrogens is 508 g/mol. The van der Waals surface area contributed by atoms with Gasteiger partial charge in [0, 0.05) is 32.4 Å². The second-order valence-corrected chi connectivity index (χ2v) is 11.0. The van der Waals surface area contributed by atoms with Crippen molar-refractivity contribution in [3.63, 3.8) is 0 Å². The summed E-state index contributed by atoms with van der Waals surface area (Å²) in [7, 11) is 0. The number of imidazole rings is 1. The van der Waals surface area contributed by atoms with Crippen molar-refractivity contribution in [1.29, 1.82) is 0 Å². The molecule has 40 heavy (non-hydrogen) atoms. The molecule has 1 unspecified atom stereocenters. The van der Waals surface area contributed by atoms with Gasteiger partial charge < -0.3 is 23.9 Å². The molecule has 3 aromatic rings. The van der Waals surface area contributed by atoms with Crippen LogP contribution in [0.2, 0.25) is 0 Å². The van der Waals surface area contributed by atoms with Crippen LogP contribution in [0, 0.1) is 19.8 Å². The highest BCUT2D eigenvalue weighted by atomic mass is 16.5. The molecule has 1 aromatic carbocycles. The van der Waals surface area contributed by atoms with Crippen molar-refractivity contribution in [2.75, 3.05) is 46.0 Å². The topological polar surface area (TPSA) is 96.6 Å². The summed E-state index contributed by atoms with van der Waals surface area (Å²) in [6, 6.07) is 10.6. The first-order chi connectivity index (χ1) is 19.3. The number of hydrogen-bond donors (Lipinski definition) is 1. The lowest BCUT2D eigenvalue weighted by Gasteiger charge is -2.31. The number of aromatic nitrogens is 2. The summed E-state index contributed by atoms with van der Waals surface area (Å²) in [6.07, 6.45) is 2.78. The van der Waals surface area contributed by atoms with Gasteiger partial charge in [0.1, 0.15) is 17.1 Å². The number of pyridine rings is 1. The van der Waals surface area contributed by atoms with Gasteiger partial charge in [-0.05, 0) is 55.5 Å². The van der Waals surface area contributed by atoms with Gasteiger partial charge in [-0.3, -0.25) is 14.5 Å². The number of aliphatic hydroxyl groups is 1. The number of carbonyl (C=O) groups is 2. The summed E-state index contributed by atoms with van der Waals surface area (Å²) in [5.41, 5.74) is 3.39. The Balaban J connectivity index is 1.57. The largest absolute Gasteiger partial charge is 0.505 e. The fraction of sp³-hybridized carbons (Fsp3) is 0.452. The van der Waals surface area contributed by atoms with Crippen molar-refractivity contribution in [2.45, 2.75) is 40.2 Å². The molecule has 0 aliphatic carbocycles. The molecule has 0 radical (unpaired) electrons. The Kier molecular flexibility index (Phi) is 8.23. The maximum absolute atomic E-state index is 13.6. The van der Waals surface area contributed by atoms with E-state index in [1.54, 1.807) is 4.90 Å². The average molecular weight is 547 g/mol. The molecule has 5 rings (SSSR count). The predicted octanol–water partition coefficient (Wildman–Crippen LogP) is 4.13. The maximum atomic E-state index is 13.6. The quantitative estimate of drug-likeness (QED) is 0.245. The van der Waals surface area contributed by atoms with E-state index >= 15 is 0 Å². The van der Waals surface area contributed by atoms with E-state index in [1.165, 1.54) is 0 Å². The fourth-order valence-corrected chi connectivity index (χ4v) is 5.39. The molecule has 9 nitrogen and oxygen atoms in total. The van der Waals surface area contributed by atoms with Gasteiger partial charge in [-0.25, -0.2) is 4.98 Å². The monoisotopic (exact) mass is 546 g/mol. The molecule has 1 amide bonds. The Bertz CT molecular complexity index is 1440. The zero-order valence-electron chi connectivity index (χ0n) is 23.7. The number of rotatable bonds is 9. The molecule has 4 heterocycles. The molecule has 2 fully saturated rings. The van der Waals surface area contributed by atoms with Crippen molar-refractivity contribution >= 4 is 23.1 Å². The van der Waals surface area contributed by atoms with Crippen LogP contribution in [-0.2, 0) is 14.3 Å². The van der Waals surface area contributed by atoms with Gasteiger partial charge in [-0.2, -0.15) is 0 Å². The molecule has 9 heteroatoms. The number of ether oxygens (including phenoxy) is 2. The molecule has 2 aliphatic rings. The molecule has 2 aliphatic heterocycles. The van der Waals surface area contributed by atoms with E-state index in [-0.39, 0.29) is 11.3 Å². The van der Waals surface area contributed by atoms with Crippen LogP contribution in [-0.4, -0.2) is 82.0 Å². The number of carbonyl (C=O) groups excluding carboxylic acids is 2. The Morgan fingerprint density at radius 3 is 2.62 bits per heavy atom. The molecule has 2 aromatic heterocycles. The van der Waals surface area contributed by atoms with Crippen molar-refractivity contribution in [2.24, 2.45) is 5.92 Å². The number of amides is 1. The van der Waals surface area contributed by atoms with Crippen LogP contribution in [0.15, 0.2) is 48.2 Å². The Morgan fingerprint density at radius 2 is 1.90 bits per heavy atom. The molecule has 212 valence electrons. The molecule has 1 atom stereocenters. The van der Waals surface area contributed by atoms with Gasteiger partial charge >= 0.3 is 0 Å². The third-order valence-electron chi connectivity index (χ3n) is 7.75. The minimum Gasteiger partial charge on any atom is -0.505 e. The molecule has 0 spiro atoms. The number of aryl methyl sites for hydroxylation is 2. The normalized spacial score (nSPS) is 19.7. The predicted molar refractivity (Wildman–Crippen MR) is 152 cm³/mol. The Hall–Kier alpha value is -3.69. The van der Waals surface area contributed by atoms with Crippen LogP contribution in [0.25, 0.3) is 11.4 Å². The second-order valence-electron chi connectivity index (χ2n) is 11.0. The summed E-state index contributed by atoms with van der Waals surface area (Å²) in [5.74, 6) is -0.416. The number of hydrogen-bond acceptors (Lipinski definition) is 7. The highest BCUT2D eigenvalue weighted by Crippen LogP contribution is 2.40. The second kappa shape index (κ2) is 11.8. The summed E-state index contributed by atoms with van der Waals surface area (Å²) in [6.45, 7) is 12.4. The average Bonchev–Trinajstić information content (AvgIpc) is 3.42. The van der Waals surface area contributed by atoms with E-state index in [0.29, 0.717) is 67.2 Å². The number of benzene rings is 1. The molecule has 2 saturated heterocycles. The number of nitrogens with zero attached hydrogens (tertiary/aromatic N) is 4. The van der Waals surface area contributed by atoms with Gasteiger partial charge in [0.2, 0.25) is 0 Å². The number of aliphatic hydroxyl groups excluding tert-OH is 1. The third kappa shape index (κ3) is 5.48. The van der Waals surface area contributed by atoms with Gasteiger partial charge in [-0.1, -0.05) is 32.0 Å². The van der Waals surface area contributed by atoms with E-state index in [2.05, 4.69) is 23.7 Å². The van der Waals surface area contributed by atoms with Gasteiger partial charge in [0.15, 0.2) is 5.76 Å². The number of likely N-dealkylation sites (tertiary alicyclic amines) is 1. The fourth-order valence-electron chi connectivity index (χ4n) is 5.39. The number of fused-ring (bicyclic) bond motifs is 1. The van der Waals surface area contributed by atoms with Crippen molar-refractivity contribution in [3.8, 4) is 5.75 Å². The van der Waals surface area contributed by atoms with E-state index < -0.39 is 17.7 Å².